The predicted molar refractivity (Wildman–Crippen MR) is 55.2 cm³/mol. The van der Waals surface area contributed by atoms with Crippen molar-refractivity contribution in [2.45, 2.75) is 29.8 Å². The molecule has 88 valence electrons. The Balaban J connectivity index is 2.69. The summed E-state index contributed by atoms with van der Waals surface area (Å²) in [7, 11) is 0. The van der Waals surface area contributed by atoms with E-state index >= 15 is 0 Å². The van der Waals surface area contributed by atoms with Gasteiger partial charge in [0, 0.05) is 0 Å². The summed E-state index contributed by atoms with van der Waals surface area (Å²) < 4.78 is 5.20. The lowest BCUT2D eigenvalue weighted by Gasteiger charge is -2.40. The summed E-state index contributed by atoms with van der Waals surface area (Å²) in [5, 5.41) is 34.7. The Labute approximate surface area is 90.9 Å². The summed E-state index contributed by atoms with van der Waals surface area (Å²) in [5.41, 5.74) is 10.0. The monoisotopic (exact) mass is 237 g/mol. The van der Waals surface area contributed by atoms with E-state index in [2.05, 4.69) is 0 Å². The second kappa shape index (κ2) is 5.10. The van der Waals surface area contributed by atoms with E-state index in [0.717, 1.165) is 11.8 Å². The lowest BCUT2D eigenvalue weighted by atomic mass is 9.99. The van der Waals surface area contributed by atoms with Gasteiger partial charge in [-0.3, -0.25) is 5.41 Å². The molecule has 0 amide bonds. The molecule has 1 rings (SSSR count). The Morgan fingerprint density at radius 3 is 2.47 bits per heavy atom. The summed E-state index contributed by atoms with van der Waals surface area (Å²) in [4.78, 5) is 0. The Morgan fingerprint density at radius 1 is 1.40 bits per heavy atom. The van der Waals surface area contributed by atoms with Crippen LogP contribution in [0.15, 0.2) is 0 Å². The quantitative estimate of drug-likeness (QED) is 0.228. The highest BCUT2D eigenvalue weighted by Crippen LogP contribution is 2.26. The van der Waals surface area contributed by atoms with Crippen LogP contribution in [0.3, 0.4) is 0 Å². The van der Waals surface area contributed by atoms with E-state index in [9.17, 15) is 10.2 Å². The zero-order valence-electron chi connectivity index (χ0n) is 7.91. The number of hydrogen-bond acceptors (Lipinski definition) is 7. The zero-order valence-corrected chi connectivity index (χ0v) is 8.72. The van der Waals surface area contributed by atoms with Crippen LogP contribution in [0, 0.1) is 5.41 Å². The van der Waals surface area contributed by atoms with E-state index in [4.69, 9.17) is 26.7 Å². The van der Waals surface area contributed by atoms with Crippen LogP contribution in [0.2, 0.25) is 0 Å². The fourth-order valence-corrected chi connectivity index (χ4v) is 2.10. The van der Waals surface area contributed by atoms with Crippen molar-refractivity contribution in [3.63, 3.8) is 0 Å². The van der Waals surface area contributed by atoms with Crippen LogP contribution in [0.4, 0.5) is 0 Å². The Kier molecular flexibility index (Phi) is 4.32. The van der Waals surface area contributed by atoms with Crippen LogP contribution < -0.4 is 11.5 Å². The molecule has 1 heterocycles. The number of thioether (sulfide) groups is 1. The highest BCUT2D eigenvalue weighted by Gasteiger charge is 2.42. The molecule has 7 nitrogen and oxygen atoms in total. The number of ether oxygens (including phenoxy) is 1. The van der Waals surface area contributed by atoms with Crippen molar-refractivity contribution in [2.75, 3.05) is 6.61 Å². The fraction of sp³-hybridized carbons (Fsp3) is 0.857. The van der Waals surface area contributed by atoms with Crippen LogP contribution in [-0.4, -0.2) is 56.9 Å². The van der Waals surface area contributed by atoms with E-state index in [0.29, 0.717) is 0 Å². The van der Waals surface area contributed by atoms with Gasteiger partial charge in [0.25, 0.3) is 0 Å². The maximum Gasteiger partial charge on any atom is 0.153 e. The SMILES string of the molecule is N=C(N)S[C@@H]1OC(CO)[C@H](O)[C@H](O)C1N. The van der Waals surface area contributed by atoms with Gasteiger partial charge >= 0.3 is 0 Å². The minimum Gasteiger partial charge on any atom is -0.394 e. The maximum atomic E-state index is 9.54. The third kappa shape index (κ3) is 2.80. The van der Waals surface area contributed by atoms with E-state index in [1.54, 1.807) is 0 Å². The van der Waals surface area contributed by atoms with Gasteiger partial charge in [-0.2, -0.15) is 0 Å². The summed E-state index contributed by atoms with van der Waals surface area (Å²) in [6.45, 7) is -0.431. The molecule has 0 radical (unpaired) electrons. The van der Waals surface area contributed by atoms with Crippen LogP contribution in [0.25, 0.3) is 0 Å². The van der Waals surface area contributed by atoms with Crippen LogP contribution >= 0.6 is 11.8 Å². The lowest BCUT2D eigenvalue weighted by molar-refractivity contribution is -0.165. The molecule has 1 fully saturated rings. The number of nitrogens with one attached hydrogen (secondary N) is 1. The molecule has 5 atom stereocenters. The van der Waals surface area contributed by atoms with Crippen LogP contribution in [0.5, 0.6) is 0 Å². The second-order valence-electron chi connectivity index (χ2n) is 3.27. The molecule has 15 heavy (non-hydrogen) atoms. The van der Waals surface area contributed by atoms with E-state index in [1.165, 1.54) is 0 Å². The first-order chi connectivity index (χ1) is 6.97. The van der Waals surface area contributed by atoms with E-state index < -0.39 is 36.4 Å². The first kappa shape index (κ1) is 12.7. The third-order valence-corrected chi connectivity index (χ3v) is 3.08. The normalized spacial score (nSPS) is 41.5. The minimum atomic E-state index is -1.23. The van der Waals surface area contributed by atoms with Gasteiger partial charge in [-0.05, 0) is 0 Å². The summed E-state index contributed by atoms with van der Waals surface area (Å²) in [5.74, 6) is 0. The van der Waals surface area contributed by atoms with Crippen molar-refractivity contribution < 1.29 is 20.1 Å². The molecule has 1 saturated heterocycles. The molecular formula is C7H15N3O4S. The molecule has 0 aliphatic carbocycles. The Hall–Kier alpha value is -0.380. The molecule has 1 aliphatic heterocycles. The number of hydrogen-bond donors (Lipinski definition) is 6. The van der Waals surface area contributed by atoms with Crippen molar-refractivity contribution >= 4 is 16.9 Å². The smallest absolute Gasteiger partial charge is 0.153 e. The number of aliphatic hydroxyl groups excluding tert-OH is 3. The Bertz CT molecular complexity index is 240. The first-order valence-electron chi connectivity index (χ1n) is 4.36. The van der Waals surface area contributed by atoms with Crippen molar-refractivity contribution in [1.29, 1.82) is 5.41 Å². The first-order valence-corrected chi connectivity index (χ1v) is 5.24. The summed E-state index contributed by atoms with van der Waals surface area (Å²) in [6.07, 6.45) is -3.33. The molecule has 1 aliphatic rings. The predicted octanol–water partition coefficient (Wildman–Crippen LogP) is -2.62. The minimum absolute atomic E-state index is 0.198. The molecule has 8 heteroatoms. The van der Waals surface area contributed by atoms with E-state index in [-0.39, 0.29) is 5.17 Å². The standard InChI is InChI=1S/C7H15N3O4S/c8-3-5(13)4(12)2(1-11)14-6(3)15-7(9)10/h2-6,11-13H,1,8H2,(H3,9,10)/t2?,3?,4-,5+,6-/m0/s1. The average Bonchev–Trinajstić information content (AvgIpc) is 2.18. The number of aliphatic hydroxyl groups is 3. The topological polar surface area (TPSA) is 146 Å². The molecule has 0 saturated carbocycles. The Morgan fingerprint density at radius 2 is 2.00 bits per heavy atom. The van der Waals surface area contributed by atoms with Crippen LogP contribution in [0.1, 0.15) is 0 Å². The van der Waals surface area contributed by atoms with Crippen molar-refractivity contribution in [3.05, 3.63) is 0 Å². The molecule has 0 bridgehead atoms. The van der Waals surface area contributed by atoms with Gasteiger partial charge in [-0.25, -0.2) is 0 Å². The fourth-order valence-electron chi connectivity index (χ4n) is 1.33. The number of amidine groups is 1. The van der Waals surface area contributed by atoms with Gasteiger partial charge in [0.05, 0.1) is 12.6 Å². The summed E-state index contributed by atoms with van der Waals surface area (Å²) >= 11 is 0.840. The van der Waals surface area contributed by atoms with Crippen molar-refractivity contribution in [2.24, 2.45) is 11.5 Å². The van der Waals surface area contributed by atoms with Crippen LogP contribution in [-0.2, 0) is 4.74 Å². The van der Waals surface area contributed by atoms with Gasteiger partial charge in [-0.15, -0.1) is 0 Å². The van der Waals surface area contributed by atoms with Crippen molar-refractivity contribution in [3.8, 4) is 0 Å². The molecule has 8 N–H and O–H groups in total. The second-order valence-corrected chi connectivity index (χ2v) is 4.41. The summed E-state index contributed by atoms with van der Waals surface area (Å²) in [6, 6.07) is -0.850. The highest BCUT2D eigenvalue weighted by atomic mass is 32.2. The lowest BCUT2D eigenvalue weighted by Crippen LogP contribution is -2.61. The molecule has 0 spiro atoms. The van der Waals surface area contributed by atoms with Gasteiger partial charge in [-0.1, -0.05) is 11.8 Å². The largest absolute Gasteiger partial charge is 0.394 e. The van der Waals surface area contributed by atoms with Gasteiger partial charge in [0.15, 0.2) is 5.17 Å². The number of nitrogens with two attached hydrogens (primary N) is 2. The molecular weight excluding hydrogens is 222 g/mol. The van der Waals surface area contributed by atoms with Crippen molar-refractivity contribution in [1.82, 2.24) is 0 Å². The van der Waals surface area contributed by atoms with Gasteiger partial charge < -0.3 is 31.5 Å². The molecule has 2 unspecified atom stereocenters. The van der Waals surface area contributed by atoms with E-state index in [1.807, 2.05) is 0 Å². The van der Waals surface area contributed by atoms with Gasteiger partial charge in [0.1, 0.15) is 23.7 Å². The van der Waals surface area contributed by atoms with Gasteiger partial charge in [0.2, 0.25) is 0 Å². The molecule has 0 aromatic carbocycles. The molecule has 0 aromatic rings. The third-order valence-electron chi connectivity index (χ3n) is 2.17. The number of rotatable bonds is 2. The highest BCUT2D eigenvalue weighted by molar-refractivity contribution is 8.14. The molecule has 0 aromatic heterocycles. The maximum absolute atomic E-state index is 9.54. The zero-order chi connectivity index (χ0) is 11.6. The average molecular weight is 237 g/mol.